The van der Waals surface area contributed by atoms with Gasteiger partial charge in [0.25, 0.3) is 0 Å². The van der Waals surface area contributed by atoms with Crippen LogP contribution in [-0.4, -0.2) is 63.4 Å². The Morgan fingerprint density at radius 1 is 1.17 bits per heavy atom. The fourth-order valence-corrected chi connectivity index (χ4v) is 5.13. The molecule has 5 heterocycles. The summed E-state index contributed by atoms with van der Waals surface area (Å²) in [6.07, 6.45) is 10.3. The summed E-state index contributed by atoms with van der Waals surface area (Å²) in [7, 11) is 0. The van der Waals surface area contributed by atoms with Crippen LogP contribution in [0.2, 0.25) is 0 Å². The Morgan fingerprint density at radius 3 is 2.86 bits per heavy atom. The maximum Gasteiger partial charge on any atom is 0.236 e. The SMILES string of the molecule is CC1CCCN(C(=O)CN2CCC(c3cc[nH]c4cnc5nccc5c34)CC2)C1. The number of nitrogens with zero attached hydrogens (tertiary/aromatic N) is 4. The van der Waals surface area contributed by atoms with Gasteiger partial charge in [0.2, 0.25) is 5.91 Å². The largest absolute Gasteiger partial charge is 0.360 e. The minimum absolute atomic E-state index is 0.311. The highest BCUT2D eigenvalue weighted by molar-refractivity contribution is 6.05. The van der Waals surface area contributed by atoms with E-state index in [4.69, 9.17) is 0 Å². The van der Waals surface area contributed by atoms with E-state index in [1.807, 2.05) is 18.6 Å². The molecular weight excluding hydrogens is 362 g/mol. The van der Waals surface area contributed by atoms with Crippen LogP contribution in [0.3, 0.4) is 0 Å². The van der Waals surface area contributed by atoms with Crippen molar-refractivity contribution in [3.8, 4) is 0 Å². The number of hydrogen-bond acceptors (Lipinski definition) is 4. The van der Waals surface area contributed by atoms with Crippen molar-refractivity contribution in [2.75, 3.05) is 32.7 Å². The molecule has 1 N–H and O–H groups in total. The van der Waals surface area contributed by atoms with Gasteiger partial charge in [-0.2, -0.15) is 0 Å². The number of aromatic amines is 1. The number of carbonyl (C=O) groups excluding carboxylic acids is 1. The second-order valence-corrected chi connectivity index (χ2v) is 8.80. The van der Waals surface area contributed by atoms with Crippen molar-refractivity contribution >= 4 is 27.8 Å². The first-order chi connectivity index (χ1) is 14.2. The second-order valence-electron chi connectivity index (χ2n) is 8.80. The molecular formula is C23H29N5O. The number of fused-ring (bicyclic) bond motifs is 3. The zero-order chi connectivity index (χ0) is 19.8. The summed E-state index contributed by atoms with van der Waals surface area (Å²) in [5, 5.41) is 2.39. The second kappa shape index (κ2) is 7.75. The van der Waals surface area contributed by atoms with E-state index >= 15 is 0 Å². The number of pyridine rings is 2. The highest BCUT2D eigenvalue weighted by Gasteiger charge is 2.27. The van der Waals surface area contributed by atoms with Gasteiger partial charge in [0.15, 0.2) is 5.65 Å². The van der Waals surface area contributed by atoms with Gasteiger partial charge >= 0.3 is 0 Å². The van der Waals surface area contributed by atoms with Crippen molar-refractivity contribution in [3.63, 3.8) is 0 Å². The van der Waals surface area contributed by atoms with E-state index in [-0.39, 0.29) is 0 Å². The molecule has 2 fully saturated rings. The summed E-state index contributed by atoms with van der Waals surface area (Å²) in [5.74, 6) is 1.46. The molecule has 152 valence electrons. The summed E-state index contributed by atoms with van der Waals surface area (Å²) in [5.41, 5.74) is 3.27. The molecule has 1 unspecified atom stereocenters. The number of aromatic nitrogens is 3. The van der Waals surface area contributed by atoms with Crippen molar-refractivity contribution in [2.45, 2.75) is 38.5 Å². The van der Waals surface area contributed by atoms with E-state index in [9.17, 15) is 4.79 Å². The lowest BCUT2D eigenvalue weighted by molar-refractivity contribution is -0.134. The van der Waals surface area contributed by atoms with Crippen LogP contribution >= 0.6 is 0 Å². The normalized spacial score (nSPS) is 21.8. The van der Waals surface area contributed by atoms with Crippen molar-refractivity contribution < 1.29 is 4.79 Å². The number of carbonyl (C=O) groups is 1. The van der Waals surface area contributed by atoms with Gasteiger partial charge in [-0.25, -0.2) is 9.97 Å². The molecule has 6 heteroatoms. The Kier molecular flexibility index (Phi) is 4.96. The minimum atomic E-state index is 0.311. The highest BCUT2D eigenvalue weighted by Crippen LogP contribution is 2.35. The van der Waals surface area contributed by atoms with Gasteiger partial charge < -0.3 is 9.88 Å². The number of likely N-dealkylation sites (tertiary alicyclic amines) is 2. The third kappa shape index (κ3) is 3.62. The number of H-pyrrole nitrogens is 1. The first-order valence-electron chi connectivity index (χ1n) is 10.9. The molecule has 29 heavy (non-hydrogen) atoms. The standard InChI is InChI=1S/C23H29N5O/c1-16-3-2-10-28(14-16)21(29)15-27-11-6-17(7-12-27)18-4-8-24-20-13-26-23-19(22(18)20)5-9-25-23/h4-5,8-9,13,16-17,24H,2-3,6-7,10-12,14-15H2,1H3. The van der Waals surface area contributed by atoms with Crippen LogP contribution in [0, 0.1) is 5.92 Å². The zero-order valence-electron chi connectivity index (χ0n) is 17.1. The molecule has 0 bridgehead atoms. The van der Waals surface area contributed by atoms with E-state index in [1.54, 1.807) is 0 Å². The third-order valence-corrected chi connectivity index (χ3v) is 6.72. The first-order valence-corrected chi connectivity index (χ1v) is 10.9. The molecule has 0 radical (unpaired) electrons. The molecule has 0 aliphatic carbocycles. The van der Waals surface area contributed by atoms with E-state index in [2.05, 4.69) is 43.8 Å². The summed E-state index contributed by atoms with van der Waals surface area (Å²) < 4.78 is 0. The molecule has 0 aromatic carbocycles. The van der Waals surface area contributed by atoms with Crippen molar-refractivity contribution in [1.82, 2.24) is 24.8 Å². The van der Waals surface area contributed by atoms with Crippen molar-refractivity contribution in [2.24, 2.45) is 5.92 Å². The summed E-state index contributed by atoms with van der Waals surface area (Å²) >= 11 is 0. The number of rotatable bonds is 3. The Balaban J connectivity index is 1.29. The van der Waals surface area contributed by atoms with Gasteiger partial charge in [-0.15, -0.1) is 0 Å². The number of hydrogen-bond donors (Lipinski definition) is 1. The van der Waals surface area contributed by atoms with Gasteiger partial charge in [0, 0.05) is 36.3 Å². The van der Waals surface area contributed by atoms with Gasteiger partial charge in [0.05, 0.1) is 18.3 Å². The average Bonchev–Trinajstić information content (AvgIpc) is 3.23. The summed E-state index contributed by atoms with van der Waals surface area (Å²) in [6.45, 7) is 6.65. The lowest BCUT2D eigenvalue weighted by Crippen LogP contribution is -2.46. The molecule has 0 spiro atoms. The number of amides is 1. The Labute approximate surface area is 171 Å². The van der Waals surface area contributed by atoms with Crippen LogP contribution in [0.25, 0.3) is 21.9 Å². The minimum Gasteiger partial charge on any atom is -0.360 e. The Hall–Kier alpha value is -2.47. The van der Waals surface area contributed by atoms with E-state index in [0.29, 0.717) is 24.3 Å². The Morgan fingerprint density at radius 2 is 2.03 bits per heavy atom. The summed E-state index contributed by atoms with van der Waals surface area (Å²) in [4.78, 5) is 29.3. The fourth-order valence-electron chi connectivity index (χ4n) is 5.13. The van der Waals surface area contributed by atoms with E-state index in [0.717, 1.165) is 62.0 Å². The topological polar surface area (TPSA) is 65.1 Å². The van der Waals surface area contributed by atoms with Crippen LogP contribution in [0.5, 0.6) is 0 Å². The molecule has 5 rings (SSSR count). The van der Waals surface area contributed by atoms with Crippen LogP contribution in [0.15, 0.2) is 30.7 Å². The molecule has 3 aromatic rings. The average molecular weight is 392 g/mol. The van der Waals surface area contributed by atoms with Crippen LogP contribution in [0.1, 0.15) is 44.1 Å². The van der Waals surface area contributed by atoms with Gasteiger partial charge in [0.1, 0.15) is 0 Å². The van der Waals surface area contributed by atoms with Crippen LogP contribution in [-0.2, 0) is 4.79 Å². The van der Waals surface area contributed by atoms with Crippen LogP contribution in [0.4, 0.5) is 0 Å². The molecule has 1 amide bonds. The predicted molar refractivity (Wildman–Crippen MR) is 115 cm³/mol. The molecule has 3 aromatic heterocycles. The Bertz CT molecular complexity index is 1020. The van der Waals surface area contributed by atoms with Crippen molar-refractivity contribution in [1.29, 1.82) is 0 Å². The van der Waals surface area contributed by atoms with Gasteiger partial charge in [-0.1, -0.05) is 6.92 Å². The molecule has 1 atom stereocenters. The number of nitrogens with one attached hydrogen (secondary N) is 1. The monoisotopic (exact) mass is 391 g/mol. The smallest absolute Gasteiger partial charge is 0.236 e. The molecule has 2 aliphatic rings. The lowest BCUT2D eigenvalue weighted by Gasteiger charge is -2.35. The highest BCUT2D eigenvalue weighted by atomic mass is 16.2. The quantitative estimate of drug-likeness (QED) is 0.742. The molecule has 2 saturated heterocycles. The van der Waals surface area contributed by atoms with E-state index < -0.39 is 0 Å². The zero-order valence-corrected chi connectivity index (χ0v) is 17.1. The molecule has 2 aliphatic heterocycles. The van der Waals surface area contributed by atoms with Gasteiger partial charge in [-0.05, 0) is 68.3 Å². The maximum absolute atomic E-state index is 12.7. The summed E-state index contributed by atoms with van der Waals surface area (Å²) in [6, 6.07) is 4.28. The first kappa shape index (κ1) is 18.6. The molecule has 6 nitrogen and oxygen atoms in total. The maximum atomic E-state index is 12.7. The van der Waals surface area contributed by atoms with Crippen LogP contribution < -0.4 is 0 Å². The van der Waals surface area contributed by atoms with E-state index in [1.165, 1.54) is 17.4 Å². The predicted octanol–water partition coefficient (Wildman–Crippen LogP) is 3.55. The van der Waals surface area contributed by atoms with Gasteiger partial charge in [-0.3, -0.25) is 9.69 Å². The third-order valence-electron chi connectivity index (χ3n) is 6.72. The molecule has 0 saturated carbocycles. The fraction of sp³-hybridized carbons (Fsp3) is 0.522. The lowest BCUT2D eigenvalue weighted by atomic mass is 9.87. The van der Waals surface area contributed by atoms with Crippen molar-refractivity contribution in [3.05, 3.63) is 36.3 Å². The number of piperidine rings is 2.